The van der Waals surface area contributed by atoms with Gasteiger partial charge in [0.05, 0.1) is 23.8 Å². The van der Waals surface area contributed by atoms with Crippen molar-refractivity contribution < 1.29 is 110 Å². The van der Waals surface area contributed by atoms with E-state index in [0.29, 0.717) is 25.7 Å². The molecule has 0 bridgehead atoms. The standard InChI is InChI=1S/C11H20ClNO4.C11H21NO4S.C5H11NO.2Na.H2O.H2S.H/c1-7(10(13)15)3-4-8(2)11(16)17-6-9(14)5-12;1-7(10(12)14)3-4-8(2)11(15)16-5-9(13)6-17;1-3-4(2)5(6)7;;;;;/h7-9,14H,3-6H2,1-2H3,(H2,13,15);7-9,13,17H,3-6H2,1-2H3,(H2,12,14);4H,3H2,1-2H3,(H2,6,7);;;2*1H2;/q;;;2*+1;;;-1/p-1. The van der Waals surface area contributed by atoms with E-state index in [1.54, 1.807) is 27.7 Å². The third kappa shape index (κ3) is 36.9. The Labute approximate surface area is 331 Å². The summed E-state index contributed by atoms with van der Waals surface area (Å²) in [6, 6.07) is 0. The Kier molecular flexibility index (Phi) is 49.8. The van der Waals surface area contributed by atoms with Crippen LogP contribution < -0.4 is 76.3 Å². The molecule has 9 N–H and O–H groups in total. The van der Waals surface area contributed by atoms with E-state index < -0.39 is 18.2 Å². The van der Waals surface area contributed by atoms with Gasteiger partial charge in [0.2, 0.25) is 17.7 Å². The van der Waals surface area contributed by atoms with Crippen LogP contribution in [-0.2, 0) is 33.4 Å². The third-order valence-electron chi connectivity index (χ3n) is 6.16. The van der Waals surface area contributed by atoms with E-state index in [0.717, 1.165) is 6.42 Å². The quantitative estimate of drug-likeness (QED) is 0.0342. The molecule has 0 spiro atoms. The first-order valence-electron chi connectivity index (χ1n) is 13.7. The molecule has 18 heteroatoms. The molecule has 13 nitrogen and oxygen atoms in total. The van der Waals surface area contributed by atoms with Crippen molar-refractivity contribution in [3.05, 3.63) is 0 Å². The van der Waals surface area contributed by atoms with Crippen LogP contribution in [0.3, 0.4) is 0 Å². The first-order valence-corrected chi connectivity index (χ1v) is 14.9. The fourth-order valence-electron chi connectivity index (χ4n) is 2.46. The summed E-state index contributed by atoms with van der Waals surface area (Å²) < 4.78 is 9.75. The molecule has 0 aliphatic rings. The molecule has 0 aromatic heterocycles. The summed E-state index contributed by atoms with van der Waals surface area (Å²) in [5.41, 5.74) is 15.1. The molecule has 0 saturated heterocycles. The monoisotopic (exact) mass is 727 g/mol. The van der Waals surface area contributed by atoms with Crippen LogP contribution in [0.5, 0.6) is 0 Å². The minimum atomic E-state index is -0.836. The molecule has 7 unspecified atom stereocenters. The zero-order valence-corrected chi connectivity index (χ0v) is 34.8. The molecule has 7 atom stereocenters. The van der Waals surface area contributed by atoms with Gasteiger partial charge < -0.3 is 43.8 Å². The van der Waals surface area contributed by atoms with Crippen LogP contribution >= 0.6 is 37.7 Å². The minimum Gasteiger partial charge on any atom is -1.00 e. The van der Waals surface area contributed by atoms with Crippen LogP contribution in [0.4, 0.5) is 0 Å². The van der Waals surface area contributed by atoms with Crippen LogP contribution in [-0.4, -0.2) is 82.4 Å². The van der Waals surface area contributed by atoms with Gasteiger partial charge in [0.15, 0.2) is 0 Å². The Hall–Kier alpha value is 0.220. The van der Waals surface area contributed by atoms with Gasteiger partial charge in [-0.3, -0.25) is 24.0 Å². The molecular weight excluding hydrogens is 672 g/mol. The van der Waals surface area contributed by atoms with Crippen molar-refractivity contribution in [1.29, 1.82) is 0 Å². The van der Waals surface area contributed by atoms with Crippen molar-refractivity contribution in [1.82, 2.24) is 0 Å². The largest absolute Gasteiger partial charge is 1.00 e. The summed E-state index contributed by atoms with van der Waals surface area (Å²) in [6.07, 6.45) is 1.44. The van der Waals surface area contributed by atoms with Gasteiger partial charge in [0, 0.05) is 23.5 Å². The van der Waals surface area contributed by atoms with Gasteiger partial charge in [0.25, 0.3) is 0 Å². The number of nitrogens with two attached hydrogens (primary N) is 3. The van der Waals surface area contributed by atoms with Gasteiger partial charge in [-0.1, -0.05) is 41.5 Å². The van der Waals surface area contributed by atoms with Crippen LogP contribution in [0, 0.1) is 29.6 Å². The Morgan fingerprint density at radius 3 is 1.20 bits per heavy atom. The Morgan fingerprint density at radius 1 is 0.689 bits per heavy atom. The van der Waals surface area contributed by atoms with Gasteiger partial charge in [-0.05, 0) is 32.1 Å². The number of thiol groups is 1. The number of hydrogen-bond donors (Lipinski definition) is 6. The van der Waals surface area contributed by atoms with E-state index in [1.165, 1.54) is 0 Å². The molecule has 0 aliphatic carbocycles. The van der Waals surface area contributed by atoms with Gasteiger partial charge in [0.1, 0.15) is 19.3 Å². The number of aliphatic hydroxyl groups is 2. The maximum atomic E-state index is 11.5. The second-order valence-corrected chi connectivity index (χ2v) is 10.9. The van der Waals surface area contributed by atoms with Crippen molar-refractivity contribution in [2.45, 2.75) is 85.9 Å². The van der Waals surface area contributed by atoms with Crippen molar-refractivity contribution in [3.8, 4) is 0 Å². The molecule has 0 heterocycles. The SMILES string of the molecule is CC(CCC(C)C(=O)OCC(O)CCl)C(N)=O.CC(CCC(C)C(=O)OCC(O)CS)C(N)=O.CCC(C)C(N)=O.S.[H-].[Na+].[Na+].[OH-]. The minimum absolute atomic E-state index is 0. The summed E-state index contributed by atoms with van der Waals surface area (Å²) in [5, 5.41) is 18.3. The topological polar surface area (TPSA) is 252 Å². The van der Waals surface area contributed by atoms with Crippen molar-refractivity contribution in [2.75, 3.05) is 24.8 Å². The smallest absolute Gasteiger partial charge is 1.00 e. The molecule has 0 radical (unpaired) electrons. The van der Waals surface area contributed by atoms with Gasteiger partial charge in [-0.25, -0.2) is 0 Å². The molecule has 0 aromatic carbocycles. The maximum Gasteiger partial charge on any atom is 1.00 e. The van der Waals surface area contributed by atoms with Crippen molar-refractivity contribution in [3.63, 3.8) is 0 Å². The predicted molar refractivity (Wildman–Crippen MR) is 174 cm³/mol. The molecular formula is C27H56ClN3Na2O10S2. The Bertz CT molecular complexity index is 750. The van der Waals surface area contributed by atoms with E-state index >= 15 is 0 Å². The van der Waals surface area contributed by atoms with E-state index in [4.69, 9.17) is 48.5 Å². The van der Waals surface area contributed by atoms with Crippen LogP contribution in [0.15, 0.2) is 0 Å². The number of aliphatic hydroxyl groups excluding tert-OH is 2. The van der Waals surface area contributed by atoms with E-state index in [2.05, 4.69) is 12.6 Å². The number of halogens is 1. The van der Waals surface area contributed by atoms with Crippen LogP contribution in [0.2, 0.25) is 0 Å². The molecule has 45 heavy (non-hydrogen) atoms. The van der Waals surface area contributed by atoms with Gasteiger partial charge >= 0.3 is 71.1 Å². The summed E-state index contributed by atoms with van der Waals surface area (Å²) >= 11 is 9.23. The fourth-order valence-corrected chi connectivity index (χ4v) is 2.65. The molecule has 0 saturated carbocycles. The van der Waals surface area contributed by atoms with Crippen LogP contribution in [0.25, 0.3) is 0 Å². The normalized spacial score (nSPS) is 14.2. The first kappa shape index (κ1) is 60.5. The number of primary amides is 3. The number of alkyl halides is 1. The molecule has 0 aromatic rings. The van der Waals surface area contributed by atoms with Crippen LogP contribution in [0.1, 0.15) is 75.1 Å². The Morgan fingerprint density at radius 2 is 0.978 bits per heavy atom. The number of esters is 2. The van der Waals surface area contributed by atoms with E-state index in [-0.39, 0.29) is 158 Å². The molecule has 0 aliphatic heterocycles. The number of amides is 3. The Balaban J connectivity index is -0.0000000796. The predicted octanol–water partition coefficient (Wildman–Crippen LogP) is -4.40. The molecule has 260 valence electrons. The number of rotatable bonds is 18. The number of carbonyl (C=O) groups excluding carboxylic acids is 5. The van der Waals surface area contributed by atoms with E-state index in [9.17, 15) is 24.0 Å². The van der Waals surface area contributed by atoms with Crippen molar-refractivity contribution >= 4 is 67.4 Å². The zero-order chi connectivity index (χ0) is 32.7. The number of hydrogen-bond acceptors (Lipinski definition) is 11. The number of ether oxygens (including phenoxy) is 2. The summed E-state index contributed by atoms with van der Waals surface area (Å²) in [4.78, 5) is 54.7. The number of carbonyl (C=O) groups is 5. The maximum absolute atomic E-state index is 11.5. The van der Waals surface area contributed by atoms with Crippen molar-refractivity contribution in [2.24, 2.45) is 46.8 Å². The van der Waals surface area contributed by atoms with Gasteiger partial charge in [-0.2, -0.15) is 26.1 Å². The van der Waals surface area contributed by atoms with Gasteiger partial charge in [-0.15, -0.1) is 11.6 Å². The molecule has 0 rings (SSSR count). The second kappa shape index (κ2) is 37.0. The average molecular weight is 728 g/mol. The third-order valence-corrected chi connectivity index (χ3v) is 6.94. The summed E-state index contributed by atoms with van der Waals surface area (Å²) in [6.45, 7) is 10.5. The zero-order valence-electron chi connectivity index (χ0n) is 29.2. The fraction of sp³-hybridized carbons (Fsp3) is 0.815. The average Bonchev–Trinajstić information content (AvgIpc) is 2.94. The molecule has 3 amide bonds. The first-order chi connectivity index (χ1) is 18.9. The summed E-state index contributed by atoms with van der Waals surface area (Å²) in [7, 11) is 0. The van der Waals surface area contributed by atoms with E-state index in [1.807, 2.05) is 13.8 Å². The second-order valence-electron chi connectivity index (χ2n) is 10.2. The molecule has 0 fully saturated rings. The summed E-state index contributed by atoms with van der Waals surface area (Å²) in [5.74, 6) is -2.51.